The second-order valence-corrected chi connectivity index (χ2v) is 20.8. The Labute approximate surface area is 479 Å². The molecule has 11 atom stereocenters. The average molecular weight is 1170 g/mol. The van der Waals surface area contributed by atoms with Gasteiger partial charge in [0.05, 0.1) is 32.0 Å². The van der Waals surface area contributed by atoms with Crippen LogP contribution in [0.3, 0.4) is 0 Å². The molecule has 0 unspecified atom stereocenters. The largest absolute Gasteiger partial charge is 0.481 e. The van der Waals surface area contributed by atoms with Gasteiger partial charge in [-0.25, -0.2) is 4.79 Å². The number of fused-ring (bicyclic) bond motifs is 1. The molecular weight excluding hydrogens is 1090 g/mol. The smallest absolute Gasteiger partial charge is 0.326 e. The second-order valence-electron chi connectivity index (χ2n) is 20.8. The summed E-state index contributed by atoms with van der Waals surface area (Å²) in [6.45, 7) is 8.25. The van der Waals surface area contributed by atoms with Crippen molar-refractivity contribution in [1.29, 1.82) is 0 Å². The number of hydrogen-bond donors (Lipinski definition) is 16. The molecule has 11 amide bonds. The third kappa shape index (κ3) is 23.9. The minimum atomic E-state index is -1.84. The minimum Gasteiger partial charge on any atom is -0.481 e. The standard InChI is InChI=1S/C52H83N15O16/c1-7-26(5)41(65-39(71)22-59-47(78)36-19-28-12-9-10-13-29(28)23-67(36)50(81)30(53)20-40(72)73)48(79)62-33(18-25(3)4)44(75)60-31(15-16-37(54)69)43(74)66-42(27(6)8-2)49(80)63-34(21-38(55)70)45(76)64-35(24-68)46(77)61-32(51(82)83)14-11-17-58-52(56)57/h9-10,12-13,25-27,30-36,41-42,68H,7-8,11,14-24,53H2,1-6H3,(H2,54,69)(H2,55,70)(H,59,78)(H,60,75)(H,61,77)(H,62,79)(H,63,80)(H,64,76)(H,65,71)(H,66,74)(H,72,73)(H,82,83)(H4,56,57,58)/t26-,27-,30-,31-,32-,33-,34-,35-,36-,41-,42-/m0/s1. The molecule has 21 N–H and O–H groups in total. The first kappa shape index (κ1) is 70.6. The van der Waals surface area contributed by atoms with E-state index in [1.807, 2.05) is 0 Å². The highest BCUT2D eigenvalue weighted by Gasteiger charge is 2.39. The number of amides is 11. The number of aliphatic hydroxyl groups excluding tert-OH is 1. The fraction of sp³-hybridized carbons (Fsp3) is 0.615. The van der Waals surface area contributed by atoms with E-state index in [1.165, 1.54) is 6.92 Å². The van der Waals surface area contributed by atoms with Gasteiger partial charge in [-0.05, 0) is 54.6 Å². The number of aliphatic imine (C=N–C) groups is 1. The second kappa shape index (κ2) is 34.7. The van der Waals surface area contributed by atoms with Gasteiger partial charge in [-0.1, -0.05) is 78.6 Å². The first-order valence-electron chi connectivity index (χ1n) is 27.1. The number of carbonyl (C=O) groups is 13. The highest BCUT2D eigenvalue weighted by atomic mass is 16.4. The van der Waals surface area contributed by atoms with Crippen LogP contribution in [0.4, 0.5) is 0 Å². The van der Waals surface area contributed by atoms with Gasteiger partial charge in [0, 0.05) is 25.9 Å². The van der Waals surface area contributed by atoms with Crippen LogP contribution in [0, 0.1) is 17.8 Å². The van der Waals surface area contributed by atoms with E-state index >= 15 is 0 Å². The SMILES string of the molecule is CC[C@H](C)[C@H](NC(=O)CNC(=O)[C@@H]1Cc2ccccc2CN1C(=O)[C@@H](N)CC(=O)O)C(=O)N[C@@H](CC(C)C)C(=O)N[C@@H](CCC(N)=O)C(=O)N[C@H](C(=O)N[C@@H](CC(N)=O)C(=O)N[C@@H](CO)C(=O)N[C@@H](CCCN=C(N)N)C(=O)O)[C@@H](C)CC. The number of nitrogens with zero attached hydrogens (tertiary/aromatic N) is 2. The lowest BCUT2D eigenvalue weighted by atomic mass is 9.92. The van der Waals surface area contributed by atoms with E-state index in [2.05, 4.69) is 47.5 Å². The molecule has 0 spiro atoms. The molecule has 31 nitrogen and oxygen atoms in total. The molecule has 0 saturated carbocycles. The third-order valence-corrected chi connectivity index (χ3v) is 13.6. The molecule has 0 aliphatic carbocycles. The molecule has 0 bridgehead atoms. The van der Waals surface area contributed by atoms with Crippen LogP contribution in [0.2, 0.25) is 0 Å². The number of aliphatic hydroxyl groups is 1. The maximum absolute atomic E-state index is 14.2. The zero-order chi connectivity index (χ0) is 62.8. The number of aliphatic carboxylic acids is 2. The Morgan fingerprint density at radius 1 is 0.639 bits per heavy atom. The molecule has 1 aromatic rings. The van der Waals surface area contributed by atoms with Crippen molar-refractivity contribution in [3.8, 4) is 0 Å². The number of rotatable bonds is 36. The van der Waals surface area contributed by atoms with Crippen molar-refractivity contribution in [2.75, 3.05) is 19.7 Å². The Morgan fingerprint density at radius 2 is 1.16 bits per heavy atom. The number of carboxylic acid groups (broad SMARTS) is 2. The molecule has 1 heterocycles. The topological polar surface area (TPSA) is 525 Å². The molecule has 2 rings (SSSR count). The normalized spacial score (nSPS) is 16.3. The van der Waals surface area contributed by atoms with E-state index in [9.17, 15) is 77.6 Å². The molecule has 1 aromatic carbocycles. The van der Waals surface area contributed by atoms with Crippen molar-refractivity contribution in [3.63, 3.8) is 0 Å². The van der Waals surface area contributed by atoms with E-state index < -0.39 is 182 Å². The number of nitrogens with one attached hydrogen (secondary N) is 8. The summed E-state index contributed by atoms with van der Waals surface area (Å²) in [7, 11) is 0. The van der Waals surface area contributed by atoms with Crippen molar-refractivity contribution in [3.05, 3.63) is 35.4 Å². The monoisotopic (exact) mass is 1170 g/mol. The van der Waals surface area contributed by atoms with E-state index in [1.54, 1.807) is 58.9 Å². The van der Waals surface area contributed by atoms with E-state index in [-0.39, 0.29) is 57.1 Å². The first-order valence-corrected chi connectivity index (χ1v) is 27.1. The average Bonchev–Trinajstić information content (AvgIpc) is 3.61. The Kier molecular flexibility index (Phi) is 29.5. The lowest BCUT2D eigenvalue weighted by Gasteiger charge is -2.37. The first-order chi connectivity index (χ1) is 38.9. The lowest BCUT2D eigenvalue weighted by molar-refractivity contribution is -0.146. The molecule has 1 aliphatic heterocycles. The maximum atomic E-state index is 14.2. The summed E-state index contributed by atoms with van der Waals surface area (Å²) in [5.74, 6) is -15.2. The van der Waals surface area contributed by atoms with Crippen molar-refractivity contribution < 1.29 is 77.6 Å². The fourth-order valence-corrected chi connectivity index (χ4v) is 8.61. The Morgan fingerprint density at radius 3 is 1.69 bits per heavy atom. The molecule has 83 heavy (non-hydrogen) atoms. The molecule has 1 aliphatic rings. The number of carbonyl (C=O) groups excluding carboxylic acids is 11. The van der Waals surface area contributed by atoms with Crippen molar-refractivity contribution in [2.24, 2.45) is 51.4 Å². The fourth-order valence-electron chi connectivity index (χ4n) is 8.61. The zero-order valence-electron chi connectivity index (χ0n) is 47.6. The molecule has 462 valence electrons. The highest BCUT2D eigenvalue weighted by Crippen LogP contribution is 2.25. The summed E-state index contributed by atoms with van der Waals surface area (Å²) >= 11 is 0. The van der Waals surface area contributed by atoms with Crippen LogP contribution >= 0.6 is 0 Å². The van der Waals surface area contributed by atoms with Gasteiger partial charge in [0.15, 0.2) is 5.96 Å². The third-order valence-electron chi connectivity index (χ3n) is 13.6. The van der Waals surface area contributed by atoms with Crippen LogP contribution in [0.1, 0.15) is 110 Å². The van der Waals surface area contributed by atoms with Gasteiger partial charge in [-0.3, -0.25) is 62.5 Å². The minimum absolute atomic E-state index is 0.0226. The maximum Gasteiger partial charge on any atom is 0.326 e. The number of primary amides is 2. The number of hydrogen-bond acceptors (Lipinski definition) is 16. The molecular formula is C52H83N15O16. The van der Waals surface area contributed by atoms with Crippen molar-refractivity contribution >= 4 is 82.9 Å². The van der Waals surface area contributed by atoms with Crippen LogP contribution in [0.25, 0.3) is 0 Å². The summed E-state index contributed by atoms with van der Waals surface area (Å²) in [5.41, 5.74) is 28.8. The van der Waals surface area contributed by atoms with Crippen molar-refractivity contribution in [1.82, 2.24) is 47.4 Å². The van der Waals surface area contributed by atoms with Gasteiger partial charge in [0.25, 0.3) is 0 Å². The van der Waals surface area contributed by atoms with Gasteiger partial charge in [-0.15, -0.1) is 0 Å². The Hall–Kier alpha value is -8.48. The summed E-state index contributed by atoms with van der Waals surface area (Å²) < 4.78 is 0. The number of carboxylic acids is 2. The van der Waals surface area contributed by atoms with E-state index in [0.717, 1.165) is 10.5 Å². The van der Waals surface area contributed by atoms with E-state index in [0.29, 0.717) is 12.0 Å². The quantitative estimate of drug-likeness (QED) is 0.0169. The molecule has 0 fully saturated rings. The van der Waals surface area contributed by atoms with Crippen molar-refractivity contribution in [2.45, 2.75) is 167 Å². The van der Waals surface area contributed by atoms with E-state index in [4.69, 9.17) is 28.7 Å². The zero-order valence-corrected chi connectivity index (χ0v) is 47.6. The number of nitrogens with two attached hydrogens (primary N) is 5. The van der Waals surface area contributed by atoms with Gasteiger partial charge < -0.3 is 91.4 Å². The van der Waals surface area contributed by atoms with Crippen LogP contribution in [-0.4, -0.2) is 177 Å². The molecule has 0 aromatic heterocycles. The summed E-state index contributed by atoms with van der Waals surface area (Å²) in [6, 6.07) is -6.65. The van der Waals surface area contributed by atoms with Crippen LogP contribution < -0.4 is 71.2 Å². The van der Waals surface area contributed by atoms with Crippen LogP contribution in [-0.2, 0) is 75.3 Å². The highest BCUT2D eigenvalue weighted by molar-refractivity contribution is 5.99. The summed E-state index contributed by atoms with van der Waals surface area (Å²) in [6.07, 6.45) is -1.98. The molecule has 0 radical (unpaired) electrons. The Balaban J connectivity index is 2.33. The van der Waals surface area contributed by atoms with Gasteiger partial charge in [-0.2, -0.15) is 0 Å². The van der Waals surface area contributed by atoms with Crippen LogP contribution in [0.15, 0.2) is 29.3 Å². The number of guanidine groups is 1. The number of benzene rings is 1. The molecule has 0 saturated heterocycles. The van der Waals surface area contributed by atoms with Gasteiger partial charge >= 0.3 is 11.9 Å². The summed E-state index contributed by atoms with van der Waals surface area (Å²) in [5, 5.41) is 48.3. The van der Waals surface area contributed by atoms with Gasteiger partial charge in [0.1, 0.15) is 48.3 Å². The predicted octanol–water partition coefficient (Wildman–Crippen LogP) is -5.34. The lowest BCUT2D eigenvalue weighted by Crippen LogP contribution is -2.62. The Bertz CT molecular complexity index is 2530. The van der Waals surface area contributed by atoms with Gasteiger partial charge in [0.2, 0.25) is 65.0 Å². The van der Waals surface area contributed by atoms with Crippen LogP contribution in [0.5, 0.6) is 0 Å². The molecule has 31 heteroatoms. The summed E-state index contributed by atoms with van der Waals surface area (Å²) in [4.78, 5) is 176. The predicted molar refractivity (Wildman–Crippen MR) is 296 cm³/mol.